The van der Waals surface area contributed by atoms with Gasteiger partial charge in [-0.25, -0.2) is 4.79 Å². The largest absolute Gasteiger partial charge is 0.446 e. The summed E-state index contributed by atoms with van der Waals surface area (Å²) in [7, 11) is 0. The molecule has 0 spiro atoms. The van der Waals surface area contributed by atoms with Crippen molar-refractivity contribution in [3.05, 3.63) is 24.3 Å². The predicted molar refractivity (Wildman–Crippen MR) is 114 cm³/mol. The lowest BCUT2D eigenvalue weighted by molar-refractivity contribution is -0.136. The normalized spacial score (nSPS) is 20.8. The number of urea groups is 1. The maximum Gasteiger partial charge on any atom is 0.446 e. The van der Waals surface area contributed by atoms with Crippen molar-refractivity contribution in [2.75, 3.05) is 51.1 Å². The van der Waals surface area contributed by atoms with Gasteiger partial charge in [0.15, 0.2) is 0 Å². The molecule has 31 heavy (non-hydrogen) atoms. The molecule has 2 aliphatic rings. The highest BCUT2D eigenvalue weighted by molar-refractivity contribution is 8.00. The lowest BCUT2D eigenvalue weighted by atomic mass is 10.1. The maximum absolute atomic E-state index is 12.9. The van der Waals surface area contributed by atoms with E-state index in [1.807, 2.05) is 0 Å². The molecule has 3 rings (SSSR count). The van der Waals surface area contributed by atoms with Gasteiger partial charge in [0.1, 0.15) is 0 Å². The van der Waals surface area contributed by atoms with Crippen molar-refractivity contribution >= 4 is 29.4 Å². The first-order chi connectivity index (χ1) is 14.6. The average Bonchev–Trinajstić information content (AvgIpc) is 2.73. The molecule has 2 heterocycles. The van der Waals surface area contributed by atoms with Crippen LogP contribution < -0.4 is 10.6 Å². The molecule has 7 nitrogen and oxygen atoms in total. The summed E-state index contributed by atoms with van der Waals surface area (Å²) in [4.78, 5) is 31.1. The van der Waals surface area contributed by atoms with E-state index in [0.29, 0.717) is 44.5 Å². The molecule has 1 atom stereocenters. The number of anilines is 1. The summed E-state index contributed by atoms with van der Waals surface area (Å²) in [5.74, 6) is 0.0585. The summed E-state index contributed by atoms with van der Waals surface area (Å²) < 4.78 is 37.2. The zero-order valence-corrected chi connectivity index (χ0v) is 18.4. The molecule has 2 saturated heterocycles. The van der Waals surface area contributed by atoms with Gasteiger partial charge in [-0.1, -0.05) is 0 Å². The summed E-state index contributed by atoms with van der Waals surface area (Å²) >= 11 is -0.196. The molecular formula is C20H28F3N5O2S. The number of alkyl halides is 3. The van der Waals surface area contributed by atoms with Crippen molar-refractivity contribution in [2.24, 2.45) is 0 Å². The molecule has 0 aliphatic carbocycles. The molecule has 0 unspecified atom stereocenters. The number of rotatable bonds is 4. The van der Waals surface area contributed by atoms with Gasteiger partial charge in [0.2, 0.25) is 5.91 Å². The fourth-order valence-electron chi connectivity index (χ4n) is 3.70. The lowest BCUT2D eigenvalue weighted by Gasteiger charge is -2.40. The van der Waals surface area contributed by atoms with Gasteiger partial charge in [-0.2, -0.15) is 13.2 Å². The van der Waals surface area contributed by atoms with Crippen LogP contribution in [0.1, 0.15) is 13.8 Å². The maximum atomic E-state index is 12.9. The lowest BCUT2D eigenvalue weighted by Crippen LogP contribution is -2.61. The fraction of sp³-hybridized carbons (Fsp3) is 0.600. The zero-order valence-electron chi connectivity index (χ0n) is 17.6. The quantitative estimate of drug-likeness (QED) is 0.678. The van der Waals surface area contributed by atoms with E-state index in [4.69, 9.17) is 0 Å². The molecule has 0 bridgehead atoms. The van der Waals surface area contributed by atoms with Crippen molar-refractivity contribution in [3.8, 4) is 0 Å². The molecule has 172 valence electrons. The number of carbonyl (C=O) groups is 2. The molecule has 2 fully saturated rings. The number of amides is 3. The summed E-state index contributed by atoms with van der Waals surface area (Å²) in [5.41, 5.74) is -3.92. The van der Waals surface area contributed by atoms with Gasteiger partial charge in [-0.05, 0) is 49.9 Å². The number of hydrogen-bond donors (Lipinski definition) is 2. The van der Waals surface area contributed by atoms with Crippen LogP contribution in [0.25, 0.3) is 0 Å². The van der Waals surface area contributed by atoms with E-state index in [-0.39, 0.29) is 34.6 Å². The van der Waals surface area contributed by atoms with Crippen molar-refractivity contribution < 1.29 is 22.8 Å². The van der Waals surface area contributed by atoms with E-state index >= 15 is 0 Å². The van der Waals surface area contributed by atoms with Gasteiger partial charge in [0.25, 0.3) is 0 Å². The zero-order chi connectivity index (χ0) is 22.6. The van der Waals surface area contributed by atoms with E-state index in [1.54, 1.807) is 9.80 Å². The van der Waals surface area contributed by atoms with Crippen LogP contribution in [0.3, 0.4) is 0 Å². The average molecular weight is 460 g/mol. The smallest absolute Gasteiger partial charge is 0.338 e. The monoisotopic (exact) mass is 459 g/mol. The molecule has 1 aromatic rings. The highest BCUT2D eigenvalue weighted by Crippen LogP contribution is 2.37. The Labute approximate surface area is 184 Å². The topological polar surface area (TPSA) is 67.9 Å². The minimum absolute atomic E-state index is 0.0585. The second-order valence-corrected chi connectivity index (χ2v) is 9.05. The molecule has 2 N–H and O–H groups in total. The number of nitrogens with zero attached hydrogens (tertiary/aromatic N) is 3. The third-order valence-electron chi connectivity index (χ3n) is 5.45. The van der Waals surface area contributed by atoms with E-state index in [2.05, 4.69) is 29.4 Å². The molecular weight excluding hydrogens is 431 g/mol. The number of carbonyl (C=O) groups excluding carboxylic acids is 2. The summed E-state index contributed by atoms with van der Waals surface area (Å²) in [6.07, 6.45) is 0. The van der Waals surface area contributed by atoms with Crippen molar-refractivity contribution in [3.63, 3.8) is 0 Å². The Bertz CT molecular complexity index is 767. The van der Waals surface area contributed by atoms with Crippen LogP contribution in [0.5, 0.6) is 0 Å². The Balaban J connectivity index is 1.47. The van der Waals surface area contributed by atoms with E-state index in [9.17, 15) is 22.8 Å². The first kappa shape index (κ1) is 23.7. The number of hydrogen-bond acceptors (Lipinski definition) is 5. The van der Waals surface area contributed by atoms with Gasteiger partial charge in [0.05, 0.1) is 6.04 Å². The van der Waals surface area contributed by atoms with Crippen LogP contribution in [0, 0.1) is 0 Å². The first-order valence-corrected chi connectivity index (χ1v) is 11.1. The molecule has 0 saturated carbocycles. The standard InChI is InChI=1S/C20H28F3N5O2S/c1-14(2)28-8-7-24-17(13-28)18(29)26-9-11-27(12-10-26)19(30)25-15-3-5-16(6-4-15)31-20(21,22)23/h3-6,14,17,24H,7-13H2,1-2H3,(H,25,30)/t17-/m1/s1. The van der Waals surface area contributed by atoms with E-state index in [1.165, 1.54) is 24.3 Å². The molecule has 2 aliphatic heterocycles. The number of halogens is 3. The van der Waals surface area contributed by atoms with E-state index < -0.39 is 5.51 Å². The fourth-order valence-corrected chi connectivity index (χ4v) is 4.24. The second-order valence-electron chi connectivity index (χ2n) is 7.91. The Morgan fingerprint density at radius 3 is 2.26 bits per heavy atom. The first-order valence-electron chi connectivity index (χ1n) is 10.3. The van der Waals surface area contributed by atoms with Crippen molar-refractivity contribution in [2.45, 2.75) is 36.3 Å². The SMILES string of the molecule is CC(C)N1CCN[C@@H](C(=O)N2CCN(C(=O)Nc3ccc(SC(F)(F)F)cc3)CC2)C1. The predicted octanol–water partition coefficient (Wildman–Crippen LogP) is 2.66. The van der Waals surface area contributed by atoms with Gasteiger partial charge in [0, 0.05) is 62.4 Å². The number of nitrogens with one attached hydrogen (secondary N) is 2. The minimum Gasteiger partial charge on any atom is -0.338 e. The van der Waals surface area contributed by atoms with Crippen LogP contribution in [0.2, 0.25) is 0 Å². The second kappa shape index (κ2) is 10.1. The molecule has 0 aromatic heterocycles. The highest BCUT2D eigenvalue weighted by atomic mass is 32.2. The Morgan fingerprint density at radius 1 is 1.06 bits per heavy atom. The molecule has 1 aromatic carbocycles. The molecule has 3 amide bonds. The molecule has 11 heteroatoms. The number of thioether (sulfide) groups is 1. The Kier molecular flexibility index (Phi) is 7.71. The van der Waals surface area contributed by atoms with Crippen molar-refractivity contribution in [1.82, 2.24) is 20.0 Å². The van der Waals surface area contributed by atoms with Crippen molar-refractivity contribution in [1.29, 1.82) is 0 Å². The van der Waals surface area contributed by atoms with Gasteiger partial charge >= 0.3 is 11.5 Å². The summed E-state index contributed by atoms with van der Waals surface area (Å²) in [6.45, 7) is 8.32. The minimum atomic E-state index is -4.35. The third kappa shape index (κ3) is 6.75. The van der Waals surface area contributed by atoms with E-state index in [0.717, 1.165) is 13.1 Å². The Morgan fingerprint density at radius 2 is 1.68 bits per heavy atom. The van der Waals surface area contributed by atoms with Gasteiger partial charge in [-0.15, -0.1) is 0 Å². The Hall–Kier alpha value is -1.98. The van der Waals surface area contributed by atoms with Gasteiger partial charge < -0.3 is 20.4 Å². The molecule has 0 radical (unpaired) electrons. The third-order valence-corrected chi connectivity index (χ3v) is 6.19. The van der Waals surface area contributed by atoms with Crippen LogP contribution in [-0.2, 0) is 4.79 Å². The number of benzene rings is 1. The van der Waals surface area contributed by atoms with Gasteiger partial charge in [-0.3, -0.25) is 9.69 Å². The summed E-state index contributed by atoms with van der Waals surface area (Å²) in [5, 5.41) is 5.99. The van der Waals surface area contributed by atoms with Crippen LogP contribution in [-0.4, -0.2) is 90.0 Å². The van der Waals surface area contributed by atoms with Crippen LogP contribution in [0.4, 0.5) is 23.7 Å². The highest BCUT2D eigenvalue weighted by Gasteiger charge is 2.32. The number of piperazine rings is 2. The van der Waals surface area contributed by atoms with Crippen LogP contribution in [0.15, 0.2) is 29.2 Å². The van der Waals surface area contributed by atoms with Crippen LogP contribution >= 0.6 is 11.8 Å². The summed E-state index contributed by atoms with van der Waals surface area (Å²) in [6, 6.07) is 5.36.